The molecule has 1 aliphatic rings. The van der Waals surface area contributed by atoms with Crippen molar-refractivity contribution in [1.82, 2.24) is 14.9 Å². The lowest BCUT2D eigenvalue weighted by molar-refractivity contribution is 0.414. The van der Waals surface area contributed by atoms with E-state index in [2.05, 4.69) is 39.7 Å². The maximum atomic E-state index is 6.15. The minimum Gasteiger partial charge on any atom is -0.495 e. The number of aromatic nitrogens is 2. The monoisotopic (exact) mass is 488 g/mol. The number of halogens is 1. The Bertz CT molecular complexity index is 1340. The highest BCUT2D eigenvalue weighted by molar-refractivity contribution is 7.80. The predicted molar refractivity (Wildman–Crippen MR) is 141 cm³/mol. The topological polar surface area (TPSA) is 42.3 Å². The largest absolute Gasteiger partial charge is 0.495 e. The van der Waals surface area contributed by atoms with Crippen molar-refractivity contribution >= 4 is 34.6 Å². The van der Waals surface area contributed by atoms with Crippen molar-refractivity contribution in [3.05, 3.63) is 107 Å². The molecule has 0 bridgehead atoms. The van der Waals surface area contributed by atoms with Gasteiger partial charge in [0.2, 0.25) is 0 Å². The van der Waals surface area contributed by atoms with Crippen LogP contribution >= 0.6 is 23.8 Å². The van der Waals surface area contributed by atoms with Crippen LogP contribution < -0.4 is 15.0 Å². The van der Waals surface area contributed by atoms with Gasteiger partial charge in [0.1, 0.15) is 5.75 Å². The lowest BCUT2D eigenvalue weighted by atomic mass is 9.96. The maximum Gasteiger partial charge on any atom is 0.174 e. The van der Waals surface area contributed by atoms with Crippen LogP contribution in [0.15, 0.2) is 79.0 Å². The third kappa shape index (κ3) is 3.83. The van der Waals surface area contributed by atoms with Gasteiger partial charge in [-0.05, 0) is 86.2 Å². The summed E-state index contributed by atoms with van der Waals surface area (Å²) in [6, 6.07) is 23.8. The SMILES string of the molecule is COc1ccccc1N1C(=S)NC(c2ccccn2)C1c1cc(C)n(-c2ccc(Cl)cc2)c1C. The normalized spacial score (nSPS) is 17.6. The van der Waals surface area contributed by atoms with Crippen LogP contribution in [0.5, 0.6) is 5.75 Å². The van der Waals surface area contributed by atoms with Crippen molar-refractivity contribution in [2.24, 2.45) is 0 Å². The van der Waals surface area contributed by atoms with E-state index in [1.54, 1.807) is 7.11 Å². The molecular weight excluding hydrogens is 464 g/mol. The zero-order valence-electron chi connectivity index (χ0n) is 19.2. The molecule has 1 N–H and O–H groups in total. The first kappa shape index (κ1) is 22.4. The summed E-state index contributed by atoms with van der Waals surface area (Å²) in [6.45, 7) is 4.27. The number of thiocarbonyl (C=S) groups is 1. The molecule has 2 unspecified atom stereocenters. The third-order valence-electron chi connectivity index (χ3n) is 6.32. The van der Waals surface area contributed by atoms with Crippen molar-refractivity contribution in [1.29, 1.82) is 0 Å². The fourth-order valence-corrected chi connectivity index (χ4v) is 5.30. The molecule has 34 heavy (non-hydrogen) atoms. The van der Waals surface area contributed by atoms with Gasteiger partial charge in [-0.2, -0.15) is 0 Å². The lowest BCUT2D eigenvalue weighted by Crippen LogP contribution is -2.30. The van der Waals surface area contributed by atoms with Gasteiger partial charge in [-0.15, -0.1) is 0 Å². The van der Waals surface area contributed by atoms with E-state index in [0.29, 0.717) is 10.1 Å². The highest BCUT2D eigenvalue weighted by Crippen LogP contribution is 2.46. The zero-order chi connectivity index (χ0) is 23.8. The Labute approximate surface area is 210 Å². The van der Waals surface area contributed by atoms with Crippen molar-refractivity contribution < 1.29 is 4.74 Å². The molecule has 0 spiro atoms. The smallest absolute Gasteiger partial charge is 0.174 e. The first-order valence-electron chi connectivity index (χ1n) is 11.1. The van der Waals surface area contributed by atoms with Gasteiger partial charge >= 0.3 is 0 Å². The molecule has 5 nitrogen and oxygen atoms in total. The van der Waals surface area contributed by atoms with E-state index in [9.17, 15) is 0 Å². The number of hydrogen-bond acceptors (Lipinski definition) is 3. The standard InChI is InChI=1S/C27H25ClN4OS/c1-17-16-21(18(2)31(17)20-13-11-19(28)12-14-20)26-25(22-8-6-7-15-29-22)30-27(34)32(26)23-9-4-5-10-24(23)33-3/h4-16,25-26H,1-3H3,(H,30,34). The van der Waals surface area contributed by atoms with Crippen LogP contribution in [-0.4, -0.2) is 21.8 Å². The number of nitrogens with zero attached hydrogens (tertiary/aromatic N) is 3. The van der Waals surface area contributed by atoms with Gasteiger partial charge in [0.15, 0.2) is 5.11 Å². The van der Waals surface area contributed by atoms with Gasteiger partial charge in [0, 0.05) is 28.3 Å². The minimum atomic E-state index is -0.127. The van der Waals surface area contributed by atoms with E-state index in [0.717, 1.165) is 34.2 Å². The fourth-order valence-electron chi connectivity index (χ4n) is 4.83. The molecule has 1 saturated heterocycles. The summed E-state index contributed by atoms with van der Waals surface area (Å²) in [5, 5.41) is 4.89. The number of benzene rings is 2. The fraction of sp³-hybridized carbons (Fsp3) is 0.185. The number of anilines is 1. The molecule has 0 radical (unpaired) electrons. The van der Waals surface area contributed by atoms with Gasteiger partial charge in [-0.25, -0.2) is 0 Å². The second-order valence-electron chi connectivity index (χ2n) is 8.31. The van der Waals surface area contributed by atoms with E-state index in [4.69, 9.17) is 28.6 Å². The van der Waals surface area contributed by atoms with E-state index in [-0.39, 0.29) is 12.1 Å². The number of aryl methyl sites for hydroxylation is 1. The Balaban J connectivity index is 1.70. The zero-order valence-corrected chi connectivity index (χ0v) is 20.8. The van der Waals surface area contributed by atoms with Crippen molar-refractivity contribution in [3.8, 4) is 11.4 Å². The molecule has 3 heterocycles. The third-order valence-corrected chi connectivity index (χ3v) is 6.88. The Hall–Kier alpha value is -3.35. The molecular formula is C27H25ClN4OS. The van der Waals surface area contributed by atoms with E-state index < -0.39 is 0 Å². The summed E-state index contributed by atoms with van der Waals surface area (Å²) < 4.78 is 7.96. The molecule has 5 rings (SSSR count). The predicted octanol–water partition coefficient (Wildman–Crippen LogP) is 6.33. The summed E-state index contributed by atoms with van der Waals surface area (Å²) in [6.07, 6.45) is 1.82. The molecule has 2 atom stereocenters. The van der Waals surface area contributed by atoms with Gasteiger partial charge in [-0.3, -0.25) is 4.98 Å². The summed E-state index contributed by atoms with van der Waals surface area (Å²) >= 11 is 12.0. The van der Waals surface area contributed by atoms with E-state index >= 15 is 0 Å². The van der Waals surface area contributed by atoms with Crippen LogP contribution in [0.25, 0.3) is 5.69 Å². The molecule has 2 aromatic heterocycles. The van der Waals surface area contributed by atoms with Crippen LogP contribution in [0.3, 0.4) is 0 Å². The van der Waals surface area contributed by atoms with Crippen LogP contribution in [-0.2, 0) is 0 Å². The number of pyridine rings is 1. The average Bonchev–Trinajstić information content (AvgIpc) is 3.35. The highest BCUT2D eigenvalue weighted by Gasteiger charge is 2.43. The van der Waals surface area contributed by atoms with Crippen molar-refractivity contribution in [3.63, 3.8) is 0 Å². The number of nitrogens with one attached hydrogen (secondary N) is 1. The Kier molecular flexibility index (Phi) is 6.02. The van der Waals surface area contributed by atoms with Gasteiger partial charge < -0.3 is 19.5 Å². The second kappa shape index (κ2) is 9.12. The number of methoxy groups -OCH3 is 1. The quantitative estimate of drug-likeness (QED) is 0.332. The first-order valence-corrected chi connectivity index (χ1v) is 11.9. The molecule has 0 aliphatic carbocycles. The van der Waals surface area contributed by atoms with Crippen molar-refractivity contribution in [2.45, 2.75) is 25.9 Å². The molecule has 7 heteroatoms. The maximum absolute atomic E-state index is 6.15. The average molecular weight is 489 g/mol. The summed E-state index contributed by atoms with van der Waals surface area (Å²) in [7, 11) is 1.68. The summed E-state index contributed by atoms with van der Waals surface area (Å²) in [4.78, 5) is 6.82. The summed E-state index contributed by atoms with van der Waals surface area (Å²) in [5.74, 6) is 0.768. The van der Waals surface area contributed by atoms with Crippen LogP contribution in [0, 0.1) is 13.8 Å². The van der Waals surface area contributed by atoms with Crippen molar-refractivity contribution in [2.75, 3.05) is 12.0 Å². The van der Waals surface area contributed by atoms with E-state index in [1.165, 1.54) is 5.56 Å². The molecule has 172 valence electrons. The molecule has 0 amide bonds. The molecule has 2 aromatic carbocycles. The number of hydrogen-bond donors (Lipinski definition) is 1. The van der Waals surface area contributed by atoms with Gasteiger partial charge in [-0.1, -0.05) is 29.8 Å². The number of rotatable bonds is 5. The Morgan fingerprint density at radius 1 is 1.00 bits per heavy atom. The molecule has 1 fully saturated rings. The van der Waals surface area contributed by atoms with Crippen LogP contribution in [0.1, 0.15) is 34.7 Å². The van der Waals surface area contributed by atoms with Crippen LogP contribution in [0.2, 0.25) is 5.02 Å². The van der Waals surface area contributed by atoms with Gasteiger partial charge in [0.05, 0.1) is 30.6 Å². The molecule has 4 aromatic rings. The van der Waals surface area contributed by atoms with Gasteiger partial charge in [0.25, 0.3) is 0 Å². The second-order valence-corrected chi connectivity index (χ2v) is 9.13. The molecule has 1 aliphatic heterocycles. The first-order chi connectivity index (χ1) is 16.5. The summed E-state index contributed by atoms with van der Waals surface area (Å²) in [5.41, 5.74) is 6.36. The lowest BCUT2D eigenvalue weighted by Gasteiger charge is -2.29. The molecule has 0 saturated carbocycles. The number of ether oxygens (including phenoxy) is 1. The number of para-hydroxylation sites is 2. The van der Waals surface area contributed by atoms with E-state index in [1.807, 2.05) is 72.9 Å². The van der Waals surface area contributed by atoms with Crippen LogP contribution in [0.4, 0.5) is 5.69 Å². The highest BCUT2D eigenvalue weighted by atomic mass is 35.5. The minimum absolute atomic E-state index is 0.119. The Morgan fingerprint density at radius 2 is 1.74 bits per heavy atom. The Morgan fingerprint density at radius 3 is 2.44 bits per heavy atom.